The summed E-state index contributed by atoms with van der Waals surface area (Å²) in [5.41, 5.74) is 19.6. The summed E-state index contributed by atoms with van der Waals surface area (Å²) >= 11 is 0. The van der Waals surface area contributed by atoms with Gasteiger partial charge in [0.05, 0.1) is 23.5 Å². The van der Waals surface area contributed by atoms with Crippen molar-refractivity contribution in [3.8, 4) is 0 Å². The van der Waals surface area contributed by atoms with Crippen LogP contribution in [0.15, 0.2) is 66.9 Å². The SMILES string of the molecule is NCCN(CCN)C(=O)CC(N)C(=O)NC(CCc1ccccc1)CNC(=O)c1cnc2ccccc2c1. The zero-order chi connectivity index (χ0) is 27.3. The van der Waals surface area contributed by atoms with Gasteiger partial charge in [0.1, 0.15) is 0 Å². The van der Waals surface area contributed by atoms with Crippen LogP contribution >= 0.6 is 0 Å². The number of benzene rings is 2. The lowest BCUT2D eigenvalue weighted by Gasteiger charge is -2.24. The first-order valence-corrected chi connectivity index (χ1v) is 12.8. The Morgan fingerprint density at radius 2 is 1.63 bits per heavy atom. The molecular weight excluding hydrogens is 482 g/mol. The Morgan fingerprint density at radius 1 is 0.947 bits per heavy atom. The monoisotopic (exact) mass is 519 g/mol. The van der Waals surface area contributed by atoms with Crippen LogP contribution in [0.1, 0.15) is 28.8 Å². The summed E-state index contributed by atoms with van der Waals surface area (Å²) < 4.78 is 0. The third-order valence-corrected chi connectivity index (χ3v) is 6.21. The summed E-state index contributed by atoms with van der Waals surface area (Å²) in [6, 6.07) is 17.8. The van der Waals surface area contributed by atoms with Crippen LogP contribution in [0.4, 0.5) is 0 Å². The Balaban J connectivity index is 1.63. The molecule has 3 aromatic rings. The standard InChI is InChI=1S/C28H37N7O3/c29-12-14-35(15-13-30)26(36)17-24(31)28(38)34-23(11-10-20-6-2-1-3-7-20)19-33-27(37)22-16-21-8-4-5-9-25(21)32-18-22/h1-9,16,18,23-24H,10-15,17,19,29-31H2,(H,33,37)(H,34,38). The highest BCUT2D eigenvalue weighted by Crippen LogP contribution is 2.13. The number of nitrogens with two attached hydrogens (primary N) is 3. The fourth-order valence-corrected chi connectivity index (χ4v) is 4.12. The minimum Gasteiger partial charge on any atom is -0.350 e. The van der Waals surface area contributed by atoms with E-state index in [9.17, 15) is 14.4 Å². The first kappa shape index (κ1) is 28.7. The number of carbonyl (C=O) groups is 3. The van der Waals surface area contributed by atoms with Gasteiger partial charge in [0, 0.05) is 50.3 Å². The predicted octanol–water partition coefficient (Wildman–Crippen LogP) is 0.546. The van der Waals surface area contributed by atoms with Crippen molar-refractivity contribution in [1.82, 2.24) is 20.5 Å². The van der Waals surface area contributed by atoms with Crippen molar-refractivity contribution < 1.29 is 14.4 Å². The second-order valence-electron chi connectivity index (χ2n) is 9.13. The van der Waals surface area contributed by atoms with Crippen LogP contribution < -0.4 is 27.8 Å². The second kappa shape index (κ2) is 14.8. The largest absolute Gasteiger partial charge is 0.350 e. The number of carbonyl (C=O) groups excluding carboxylic acids is 3. The number of aromatic nitrogens is 1. The van der Waals surface area contributed by atoms with Crippen molar-refractivity contribution in [2.45, 2.75) is 31.3 Å². The van der Waals surface area contributed by atoms with Gasteiger partial charge in [-0.1, -0.05) is 48.5 Å². The molecule has 0 bridgehead atoms. The molecule has 0 saturated carbocycles. The summed E-state index contributed by atoms with van der Waals surface area (Å²) in [5.74, 6) is -1.03. The third-order valence-electron chi connectivity index (χ3n) is 6.21. The molecule has 0 spiro atoms. The maximum absolute atomic E-state index is 12.9. The van der Waals surface area contributed by atoms with Gasteiger partial charge < -0.3 is 32.7 Å². The molecule has 2 unspecified atom stereocenters. The molecule has 10 heteroatoms. The molecule has 1 aromatic heterocycles. The van der Waals surface area contributed by atoms with Crippen LogP contribution in [0.5, 0.6) is 0 Å². The highest BCUT2D eigenvalue weighted by atomic mass is 16.2. The molecule has 2 aromatic carbocycles. The second-order valence-corrected chi connectivity index (χ2v) is 9.13. The molecular formula is C28H37N7O3. The molecule has 2 atom stereocenters. The number of nitrogens with one attached hydrogen (secondary N) is 2. The number of hydrogen-bond donors (Lipinski definition) is 5. The van der Waals surface area contributed by atoms with Gasteiger partial charge in [0.15, 0.2) is 0 Å². The lowest BCUT2D eigenvalue weighted by atomic mass is 10.0. The van der Waals surface area contributed by atoms with Gasteiger partial charge in [-0.15, -0.1) is 0 Å². The van der Waals surface area contributed by atoms with Gasteiger partial charge in [-0.2, -0.15) is 0 Å². The number of pyridine rings is 1. The van der Waals surface area contributed by atoms with Crippen molar-refractivity contribution in [2.75, 3.05) is 32.7 Å². The molecule has 202 valence electrons. The summed E-state index contributed by atoms with van der Waals surface area (Å²) in [6.45, 7) is 1.47. The minimum atomic E-state index is -1.04. The van der Waals surface area contributed by atoms with Crippen LogP contribution in [-0.4, -0.2) is 72.4 Å². The normalized spacial score (nSPS) is 12.5. The van der Waals surface area contributed by atoms with Gasteiger partial charge in [0.25, 0.3) is 5.91 Å². The number of para-hydroxylation sites is 1. The van der Waals surface area contributed by atoms with E-state index in [-0.39, 0.29) is 24.8 Å². The van der Waals surface area contributed by atoms with E-state index in [0.29, 0.717) is 44.6 Å². The summed E-state index contributed by atoms with van der Waals surface area (Å²) in [6.07, 6.45) is 2.63. The molecule has 38 heavy (non-hydrogen) atoms. The van der Waals surface area contributed by atoms with E-state index in [1.807, 2.05) is 54.6 Å². The molecule has 0 saturated heterocycles. The highest BCUT2D eigenvalue weighted by molar-refractivity contribution is 5.97. The molecule has 3 amide bonds. The van der Waals surface area contributed by atoms with Crippen LogP contribution in [0.3, 0.4) is 0 Å². The first-order chi connectivity index (χ1) is 18.4. The smallest absolute Gasteiger partial charge is 0.252 e. The van der Waals surface area contributed by atoms with Crippen molar-refractivity contribution >= 4 is 28.6 Å². The number of aryl methyl sites for hydroxylation is 1. The Kier molecular flexibility index (Phi) is 11.2. The topological polar surface area (TPSA) is 169 Å². The van der Waals surface area contributed by atoms with Crippen LogP contribution in [0.25, 0.3) is 10.9 Å². The number of rotatable bonds is 14. The number of amides is 3. The van der Waals surface area contributed by atoms with Crippen LogP contribution in [0, 0.1) is 0 Å². The fourth-order valence-electron chi connectivity index (χ4n) is 4.12. The highest BCUT2D eigenvalue weighted by Gasteiger charge is 2.24. The Hall–Kier alpha value is -3.86. The molecule has 8 N–H and O–H groups in total. The summed E-state index contributed by atoms with van der Waals surface area (Å²) in [5, 5.41) is 6.68. The lowest BCUT2D eigenvalue weighted by Crippen LogP contribution is -2.51. The van der Waals surface area contributed by atoms with Gasteiger partial charge in [0.2, 0.25) is 11.8 Å². The number of hydrogen-bond acceptors (Lipinski definition) is 7. The predicted molar refractivity (Wildman–Crippen MR) is 148 cm³/mol. The van der Waals surface area contributed by atoms with Crippen molar-refractivity contribution in [3.05, 3.63) is 78.0 Å². The lowest BCUT2D eigenvalue weighted by molar-refractivity contribution is -0.134. The molecule has 10 nitrogen and oxygen atoms in total. The van der Waals surface area contributed by atoms with Gasteiger partial charge in [-0.3, -0.25) is 19.4 Å². The zero-order valence-corrected chi connectivity index (χ0v) is 21.5. The van der Waals surface area contributed by atoms with Crippen molar-refractivity contribution in [1.29, 1.82) is 0 Å². The molecule has 3 rings (SSSR count). The van der Waals surface area contributed by atoms with E-state index in [1.54, 1.807) is 6.07 Å². The van der Waals surface area contributed by atoms with E-state index < -0.39 is 18.0 Å². The first-order valence-electron chi connectivity index (χ1n) is 12.8. The van der Waals surface area contributed by atoms with Crippen molar-refractivity contribution in [2.24, 2.45) is 17.2 Å². The molecule has 0 aliphatic rings. The van der Waals surface area contributed by atoms with Gasteiger partial charge in [-0.25, -0.2) is 0 Å². The maximum atomic E-state index is 12.9. The Morgan fingerprint density at radius 3 is 2.34 bits per heavy atom. The Labute approximate surface area is 222 Å². The molecule has 0 aliphatic carbocycles. The van der Waals surface area contributed by atoms with Gasteiger partial charge >= 0.3 is 0 Å². The van der Waals surface area contributed by atoms with E-state index in [1.165, 1.54) is 11.1 Å². The van der Waals surface area contributed by atoms with Crippen LogP contribution in [-0.2, 0) is 16.0 Å². The van der Waals surface area contributed by atoms with E-state index in [2.05, 4.69) is 15.6 Å². The molecule has 1 heterocycles. The number of fused-ring (bicyclic) bond motifs is 1. The quantitative estimate of drug-likeness (QED) is 0.207. The molecule has 0 fully saturated rings. The van der Waals surface area contributed by atoms with E-state index >= 15 is 0 Å². The van der Waals surface area contributed by atoms with Crippen LogP contribution in [0.2, 0.25) is 0 Å². The van der Waals surface area contributed by atoms with Crippen molar-refractivity contribution in [3.63, 3.8) is 0 Å². The average Bonchev–Trinajstić information content (AvgIpc) is 2.94. The molecule has 0 radical (unpaired) electrons. The summed E-state index contributed by atoms with van der Waals surface area (Å²) in [4.78, 5) is 44.2. The van der Waals surface area contributed by atoms with E-state index in [0.717, 1.165) is 16.5 Å². The van der Waals surface area contributed by atoms with Gasteiger partial charge in [-0.05, 0) is 30.5 Å². The van der Waals surface area contributed by atoms with E-state index in [4.69, 9.17) is 17.2 Å². The minimum absolute atomic E-state index is 0.160. The third kappa shape index (κ3) is 8.62. The maximum Gasteiger partial charge on any atom is 0.252 e. The fraction of sp³-hybridized carbons (Fsp3) is 0.357. The molecule has 0 aliphatic heterocycles. The number of nitrogens with zero attached hydrogens (tertiary/aromatic N) is 2. The average molecular weight is 520 g/mol. The summed E-state index contributed by atoms with van der Waals surface area (Å²) in [7, 11) is 0. The zero-order valence-electron chi connectivity index (χ0n) is 21.5. The Bertz CT molecular complexity index is 1200.